The van der Waals surface area contributed by atoms with Crippen molar-refractivity contribution in [1.82, 2.24) is 0 Å². The van der Waals surface area contributed by atoms with Crippen LogP contribution in [-0.4, -0.2) is 6.29 Å². The van der Waals surface area contributed by atoms with E-state index in [-0.39, 0.29) is 0 Å². The van der Waals surface area contributed by atoms with Gasteiger partial charge in [0.1, 0.15) is 6.29 Å². The van der Waals surface area contributed by atoms with Gasteiger partial charge >= 0.3 is 0 Å². The summed E-state index contributed by atoms with van der Waals surface area (Å²) in [5.74, 6) is 0. The predicted molar refractivity (Wildman–Crippen MR) is 71.5 cm³/mol. The second-order valence-electron chi connectivity index (χ2n) is 4.49. The lowest BCUT2D eigenvalue weighted by Gasteiger charge is -2.09. The molecule has 0 unspecified atom stereocenters. The molecule has 2 rings (SSSR count). The van der Waals surface area contributed by atoms with Crippen LogP contribution in [0.2, 0.25) is 0 Å². The average Bonchev–Trinajstić information content (AvgIpc) is 2.33. The quantitative estimate of drug-likeness (QED) is 0.702. The van der Waals surface area contributed by atoms with E-state index in [4.69, 9.17) is 0 Å². The summed E-state index contributed by atoms with van der Waals surface area (Å²) < 4.78 is 0. The first kappa shape index (κ1) is 11.6. The van der Waals surface area contributed by atoms with E-state index in [0.717, 1.165) is 17.4 Å². The molecule has 2 aromatic carbocycles. The minimum Gasteiger partial charge on any atom is -0.298 e. The number of aldehydes is 1. The third-order valence-electron chi connectivity index (χ3n) is 3.22. The van der Waals surface area contributed by atoms with E-state index in [0.29, 0.717) is 0 Å². The lowest BCUT2D eigenvalue weighted by molar-refractivity contribution is 0.112. The molecule has 0 aliphatic carbocycles. The van der Waals surface area contributed by atoms with Crippen LogP contribution in [0.4, 0.5) is 0 Å². The number of hydrogen-bond donors (Lipinski definition) is 0. The van der Waals surface area contributed by atoms with Gasteiger partial charge in [0.15, 0.2) is 0 Å². The minimum atomic E-state index is 0.726. The number of carbonyl (C=O) groups is 1. The smallest absolute Gasteiger partial charge is 0.150 e. The second kappa shape index (κ2) is 4.54. The Hall–Kier alpha value is -1.89. The molecule has 1 heteroatoms. The Labute approximate surface area is 102 Å². The van der Waals surface area contributed by atoms with Crippen molar-refractivity contribution in [2.75, 3.05) is 0 Å². The van der Waals surface area contributed by atoms with Crippen molar-refractivity contribution in [3.8, 4) is 11.1 Å². The number of hydrogen-bond acceptors (Lipinski definition) is 1. The molecule has 1 nitrogen and oxygen atoms in total. The van der Waals surface area contributed by atoms with Gasteiger partial charge in [0.05, 0.1) is 0 Å². The zero-order valence-corrected chi connectivity index (χ0v) is 10.4. The maximum atomic E-state index is 10.8. The van der Waals surface area contributed by atoms with Gasteiger partial charge in [-0.1, -0.05) is 30.3 Å². The van der Waals surface area contributed by atoms with Gasteiger partial charge < -0.3 is 0 Å². The van der Waals surface area contributed by atoms with E-state index in [1.165, 1.54) is 22.3 Å². The van der Waals surface area contributed by atoms with Gasteiger partial charge in [-0.25, -0.2) is 0 Å². The van der Waals surface area contributed by atoms with Gasteiger partial charge in [-0.15, -0.1) is 0 Å². The number of carbonyl (C=O) groups excluding carboxylic acids is 1. The van der Waals surface area contributed by atoms with Crippen molar-refractivity contribution in [3.05, 3.63) is 58.7 Å². The largest absolute Gasteiger partial charge is 0.298 e. The van der Waals surface area contributed by atoms with Crippen molar-refractivity contribution in [3.63, 3.8) is 0 Å². The number of rotatable bonds is 2. The highest BCUT2D eigenvalue weighted by Gasteiger charge is 2.04. The average molecular weight is 224 g/mol. The van der Waals surface area contributed by atoms with E-state index < -0.39 is 0 Å². The number of benzene rings is 2. The topological polar surface area (TPSA) is 17.1 Å². The first-order chi connectivity index (χ1) is 8.11. The molecule has 2 aromatic rings. The maximum Gasteiger partial charge on any atom is 0.150 e. The SMILES string of the molecule is Cc1ccc(-c2cc(C=O)ccc2C)cc1C. The molecule has 0 fully saturated rings. The molecule has 0 bridgehead atoms. The molecule has 17 heavy (non-hydrogen) atoms. The molecule has 0 aromatic heterocycles. The lowest BCUT2D eigenvalue weighted by Crippen LogP contribution is -1.89. The Morgan fingerprint density at radius 3 is 2.18 bits per heavy atom. The van der Waals surface area contributed by atoms with E-state index in [1.54, 1.807) is 0 Å². The van der Waals surface area contributed by atoms with Crippen LogP contribution in [0.15, 0.2) is 36.4 Å². The zero-order valence-electron chi connectivity index (χ0n) is 10.4. The molecule has 0 amide bonds. The second-order valence-corrected chi connectivity index (χ2v) is 4.49. The normalized spacial score (nSPS) is 10.3. The Kier molecular flexibility index (Phi) is 3.10. The fourth-order valence-corrected chi connectivity index (χ4v) is 1.93. The van der Waals surface area contributed by atoms with E-state index in [9.17, 15) is 4.79 Å². The third kappa shape index (κ3) is 2.28. The standard InChI is InChI=1S/C16H16O/c1-11-5-7-15(8-13(11)3)16-9-14(10-17)6-4-12(16)2/h4-10H,1-3H3. The fraction of sp³-hybridized carbons (Fsp3) is 0.188. The molecule has 0 atom stereocenters. The Morgan fingerprint density at radius 2 is 1.53 bits per heavy atom. The summed E-state index contributed by atoms with van der Waals surface area (Å²) >= 11 is 0. The molecule has 0 aliphatic rings. The predicted octanol–water partition coefficient (Wildman–Crippen LogP) is 4.09. The summed E-state index contributed by atoms with van der Waals surface area (Å²) in [6, 6.07) is 12.2. The molecule has 0 N–H and O–H groups in total. The van der Waals surface area contributed by atoms with Gasteiger partial charge in [0.25, 0.3) is 0 Å². The monoisotopic (exact) mass is 224 g/mol. The fourth-order valence-electron chi connectivity index (χ4n) is 1.93. The summed E-state index contributed by atoms with van der Waals surface area (Å²) in [7, 11) is 0. The highest BCUT2D eigenvalue weighted by atomic mass is 16.1. The van der Waals surface area contributed by atoms with Crippen LogP contribution in [-0.2, 0) is 0 Å². The lowest BCUT2D eigenvalue weighted by atomic mass is 9.96. The highest BCUT2D eigenvalue weighted by Crippen LogP contribution is 2.26. The van der Waals surface area contributed by atoms with Crippen molar-refractivity contribution >= 4 is 6.29 Å². The molecular weight excluding hydrogens is 208 g/mol. The molecule has 0 saturated heterocycles. The molecule has 0 radical (unpaired) electrons. The molecule has 0 spiro atoms. The van der Waals surface area contributed by atoms with Gasteiger partial charge in [-0.2, -0.15) is 0 Å². The van der Waals surface area contributed by atoms with Crippen LogP contribution in [0, 0.1) is 20.8 Å². The van der Waals surface area contributed by atoms with E-state index in [2.05, 4.69) is 39.0 Å². The van der Waals surface area contributed by atoms with E-state index in [1.807, 2.05) is 18.2 Å². The molecule has 0 aliphatic heterocycles. The summed E-state index contributed by atoms with van der Waals surface area (Å²) in [4.78, 5) is 10.8. The Bertz CT molecular complexity index is 568. The van der Waals surface area contributed by atoms with E-state index >= 15 is 0 Å². The van der Waals surface area contributed by atoms with Crippen LogP contribution in [0.25, 0.3) is 11.1 Å². The Morgan fingerprint density at radius 1 is 0.824 bits per heavy atom. The van der Waals surface area contributed by atoms with Gasteiger partial charge in [-0.05, 0) is 54.7 Å². The van der Waals surface area contributed by atoms with Gasteiger partial charge in [0.2, 0.25) is 0 Å². The van der Waals surface area contributed by atoms with Crippen molar-refractivity contribution in [2.24, 2.45) is 0 Å². The van der Waals surface area contributed by atoms with Crippen LogP contribution in [0.1, 0.15) is 27.0 Å². The van der Waals surface area contributed by atoms with Crippen molar-refractivity contribution in [2.45, 2.75) is 20.8 Å². The maximum absolute atomic E-state index is 10.8. The third-order valence-corrected chi connectivity index (χ3v) is 3.22. The van der Waals surface area contributed by atoms with Crippen LogP contribution in [0.5, 0.6) is 0 Å². The first-order valence-corrected chi connectivity index (χ1v) is 5.75. The van der Waals surface area contributed by atoms with Gasteiger partial charge in [-0.3, -0.25) is 4.79 Å². The van der Waals surface area contributed by atoms with Crippen molar-refractivity contribution in [1.29, 1.82) is 0 Å². The summed E-state index contributed by atoms with van der Waals surface area (Å²) in [6.07, 6.45) is 0.893. The Balaban J connectivity index is 2.58. The highest BCUT2D eigenvalue weighted by molar-refractivity contribution is 5.80. The van der Waals surface area contributed by atoms with Crippen molar-refractivity contribution < 1.29 is 4.79 Å². The first-order valence-electron chi connectivity index (χ1n) is 5.75. The van der Waals surface area contributed by atoms with Crippen LogP contribution < -0.4 is 0 Å². The zero-order chi connectivity index (χ0) is 12.4. The summed E-state index contributed by atoms with van der Waals surface area (Å²) in [6.45, 7) is 6.28. The molecular formula is C16H16O. The number of aryl methyl sites for hydroxylation is 3. The van der Waals surface area contributed by atoms with Crippen LogP contribution in [0.3, 0.4) is 0 Å². The minimum absolute atomic E-state index is 0.726. The molecule has 0 heterocycles. The molecule has 0 saturated carbocycles. The van der Waals surface area contributed by atoms with Crippen LogP contribution >= 0.6 is 0 Å². The molecule has 86 valence electrons. The summed E-state index contributed by atoms with van der Waals surface area (Å²) in [5, 5.41) is 0. The summed E-state index contributed by atoms with van der Waals surface area (Å²) in [5.41, 5.74) is 6.80. The van der Waals surface area contributed by atoms with Gasteiger partial charge in [0, 0.05) is 5.56 Å².